The number of hydrogen-bond donors (Lipinski definition) is 1. The largest absolute Gasteiger partial charge is 0.377 e. The number of benzene rings is 2. The fourth-order valence-corrected chi connectivity index (χ4v) is 3.38. The number of para-hydroxylation sites is 2. The van der Waals surface area contributed by atoms with Crippen molar-refractivity contribution in [2.45, 2.75) is 24.8 Å². The van der Waals surface area contributed by atoms with Gasteiger partial charge in [-0.15, -0.1) is 0 Å². The number of anilines is 1. The molecule has 0 radical (unpaired) electrons. The summed E-state index contributed by atoms with van der Waals surface area (Å²) in [5, 5.41) is 14.3. The molecule has 2 aromatic rings. The molecule has 0 saturated heterocycles. The van der Waals surface area contributed by atoms with Crippen molar-refractivity contribution in [2.75, 3.05) is 5.32 Å². The summed E-state index contributed by atoms with van der Waals surface area (Å²) >= 11 is 3.58. The third-order valence-electron chi connectivity index (χ3n) is 3.94. The van der Waals surface area contributed by atoms with E-state index in [4.69, 9.17) is 0 Å². The molecule has 3 rings (SSSR count). The van der Waals surface area contributed by atoms with E-state index in [0.717, 1.165) is 17.3 Å². The number of nitrogens with zero attached hydrogens (tertiary/aromatic N) is 1. The molecule has 0 aromatic heterocycles. The summed E-state index contributed by atoms with van der Waals surface area (Å²) in [6, 6.07) is 15.3. The Balaban J connectivity index is 1.66. The van der Waals surface area contributed by atoms with Crippen LogP contribution < -0.4 is 5.32 Å². The lowest BCUT2D eigenvalue weighted by Crippen LogP contribution is -2.34. The van der Waals surface area contributed by atoms with E-state index in [1.807, 2.05) is 18.2 Å². The first-order chi connectivity index (χ1) is 10.1. The number of halogens is 1. The van der Waals surface area contributed by atoms with Gasteiger partial charge in [0.25, 0.3) is 5.69 Å². The van der Waals surface area contributed by atoms with Crippen molar-refractivity contribution < 1.29 is 4.92 Å². The number of rotatable bonds is 4. The molecular weight excluding hydrogens is 332 g/mol. The third kappa shape index (κ3) is 2.93. The van der Waals surface area contributed by atoms with Crippen molar-refractivity contribution in [1.82, 2.24) is 0 Å². The summed E-state index contributed by atoms with van der Waals surface area (Å²) in [6.07, 6.45) is 1.99. The maximum atomic E-state index is 11.0. The Morgan fingerprint density at radius 2 is 1.76 bits per heavy atom. The zero-order chi connectivity index (χ0) is 14.8. The molecule has 21 heavy (non-hydrogen) atoms. The van der Waals surface area contributed by atoms with Crippen LogP contribution in [0, 0.1) is 10.1 Å². The predicted molar refractivity (Wildman–Crippen MR) is 86.6 cm³/mol. The lowest BCUT2D eigenvalue weighted by atomic mass is 9.76. The molecule has 2 aromatic carbocycles. The van der Waals surface area contributed by atoms with E-state index in [1.165, 1.54) is 11.6 Å². The fraction of sp³-hybridized carbons (Fsp3) is 0.250. The molecule has 1 aliphatic rings. The van der Waals surface area contributed by atoms with Crippen LogP contribution in [-0.2, 0) is 0 Å². The molecule has 5 heteroatoms. The van der Waals surface area contributed by atoms with Gasteiger partial charge in [-0.2, -0.15) is 0 Å². The molecule has 0 atom stereocenters. The Morgan fingerprint density at radius 1 is 1.10 bits per heavy atom. The van der Waals surface area contributed by atoms with Crippen LogP contribution in [-0.4, -0.2) is 11.0 Å². The average molecular weight is 347 g/mol. The fourth-order valence-electron chi connectivity index (χ4n) is 2.77. The van der Waals surface area contributed by atoms with Crippen LogP contribution in [0.1, 0.15) is 24.3 Å². The second-order valence-corrected chi connectivity index (χ2v) is 6.16. The maximum absolute atomic E-state index is 11.0. The summed E-state index contributed by atoms with van der Waals surface area (Å²) in [5.41, 5.74) is 2.07. The Morgan fingerprint density at radius 3 is 2.48 bits per heavy atom. The van der Waals surface area contributed by atoms with Gasteiger partial charge in [-0.1, -0.05) is 46.3 Å². The molecule has 0 spiro atoms. The molecule has 1 N–H and O–H groups in total. The van der Waals surface area contributed by atoms with Gasteiger partial charge >= 0.3 is 0 Å². The topological polar surface area (TPSA) is 55.2 Å². The lowest BCUT2D eigenvalue weighted by Gasteiger charge is -2.37. The zero-order valence-electron chi connectivity index (χ0n) is 11.3. The van der Waals surface area contributed by atoms with E-state index in [2.05, 4.69) is 33.4 Å². The van der Waals surface area contributed by atoms with Crippen LogP contribution in [0.25, 0.3) is 0 Å². The van der Waals surface area contributed by atoms with Gasteiger partial charge in [0.15, 0.2) is 0 Å². The van der Waals surface area contributed by atoms with Crippen molar-refractivity contribution >= 4 is 27.3 Å². The Kier molecular flexibility index (Phi) is 3.92. The molecule has 4 nitrogen and oxygen atoms in total. The monoisotopic (exact) mass is 346 g/mol. The first-order valence-electron chi connectivity index (χ1n) is 6.89. The molecule has 0 aliphatic heterocycles. The van der Waals surface area contributed by atoms with Gasteiger partial charge in [-0.3, -0.25) is 10.1 Å². The van der Waals surface area contributed by atoms with Crippen molar-refractivity contribution in [3.8, 4) is 0 Å². The van der Waals surface area contributed by atoms with Crippen molar-refractivity contribution in [3.63, 3.8) is 0 Å². The van der Waals surface area contributed by atoms with E-state index >= 15 is 0 Å². The third-order valence-corrected chi connectivity index (χ3v) is 4.67. The standard InChI is InChI=1S/C16H15BrN2O2/c17-14-6-2-1-5-13(14)11-9-12(10-11)18-15-7-3-4-8-16(15)19(20)21/h1-8,11-12,18H,9-10H2. The predicted octanol–water partition coefficient (Wildman–Crippen LogP) is 4.72. The molecule has 1 fully saturated rings. The average Bonchev–Trinajstić information content (AvgIpc) is 2.44. The van der Waals surface area contributed by atoms with Gasteiger partial charge in [0, 0.05) is 16.6 Å². The summed E-state index contributed by atoms with van der Waals surface area (Å²) < 4.78 is 1.14. The van der Waals surface area contributed by atoms with E-state index in [1.54, 1.807) is 12.1 Å². The van der Waals surface area contributed by atoms with Crippen LogP contribution >= 0.6 is 15.9 Å². The van der Waals surface area contributed by atoms with E-state index < -0.39 is 0 Å². The van der Waals surface area contributed by atoms with Crippen LogP contribution in [0.2, 0.25) is 0 Å². The summed E-state index contributed by atoms with van der Waals surface area (Å²) in [7, 11) is 0. The van der Waals surface area contributed by atoms with Gasteiger partial charge in [0.2, 0.25) is 0 Å². The lowest BCUT2D eigenvalue weighted by molar-refractivity contribution is -0.384. The van der Waals surface area contributed by atoms with Crippen LogP contribution in [0.4, 0.5) is 11.4 Å². The van der Waals surface area contributed by atoms with Crippen molar-refractivity contribution in [1.29, 1.82) is 0 Å². The minimum Gasteiger partial charge on any atom is -0.377 e. The van der Waals surface area contributed by atoms with Gasteiger partial charge in [0.05, 0.1) is 4.92 Å². The van der Waals surface area contributed by atoms with Gasteiger partial charge in [0.1, 0.15) is 5.69 Å². The van der Waals surface area contributed by atoms with Crippen LogP contribution in [0.5, 0.6) is 0 Å². The molecular formula is C16H15BrN2O2. The Labute approximate surface area is 131 Å². The smallest absolute Gasteiger partial charge is 0.292 e. The summed E-state index contributed by atoms with van der Waals surface area (Å²) in [4.78, 5) is 10.7. The van der Waals surface area contributed by atoms with Gasteiger partial charge in [-0.25, -0.2) is 0 Å². The first-order valence-corrected chi connectivity index (χ1v) is 7.69. The summed E-state index contributed by atoms with van der Waals surface area (Å²) in [5.74, 6) is 0.515. The highest BCUT2D eigenvalue weighted by Gasteiger charge is 2.32. The number of nitro benzene ring substituents is 1. The highest BCUT2D eigenvalue weighted by Crippen LogP contribution is 2.42. The molecule has 0 unspecified atom stereocenters. The highest BCUT2D eigenvalue weighted by atomic mass is 79.9. The Bertz CT molecular complexity index is 669. The van der Waals surface area contributed by atoms with Crippen molar-refractivity contribution in [3.05, 3.63) is 68.7 Å². The minimum atomic E-state index is -0.341. The van der Waals surface area contributed by atoms with Crippen molar-refractivity contribution in [2.24, 2.45) is 0 Å². The van der Waals surface area contributed by atoms with E-state index in [0.29, 0.717) is 17.6 Å². The van der Waals surface area contributed by atoms with Gasteiger partial charge < -0.3 is 5.32 Å². The zero-order valence-corrected chi connectivity index (χ0v) is 12.9. The second kappa shape index (κ2) is 5.85. The molecule has 0 heterocycles. The molecule has 0 amide bonds. The minimum absolute atomic E-state index is 0.141. The SMILES string of the molecule is O=[N+]([O-])c1ccccc1NC1CC(c2ccccc2Br)C1. The van der Waals surface area contributed by atoms with E-state index in [9.17, 15) is 10.1 Å². The molecule has 108 valence electrons. The van der Waals surface area contributed by atoms with E-state index in [-0.39, 0.29) is 10.6 Å². The quantitative estimate of drug-likeness (QED) is 0.643. The van der Waals surface area contributed by atoms with Gasteiger partial charge in [-0.05, 0) is 36.5 Å². The summed E-state index contributed by atoms with van der Waals surface area (Å²) in [6.45, 7) is 0. The number of nitro groups is 1. The number of nitrogens with one attached hydrogen (secondary N) is 1. The second-order valence-electron chi connectivity index (χ2n) is 5.31. The first kappa shape index (κ1) is 14.1. The molecule has 1 aliphatic carbocycles. The normalized spacial score (nSPS) is 20.6. The maximum Gasteiger partial charge on any atom is 0.292 e. The number of hydrogen-bond acceptors (Lipinski definition) is 3. The van der Waals surface area contributed by atoms with Crippen LogP contribution in [0.15, 0.2) is 53.0 Å². The molecule has 0 bridgehead atoms. The highest BCUT2D eigenvalue weighted by molar-refractivity contribution is 9.10. The molecule has 1 saturated carbocycles. The van der Waals surface area contributed by atoms with Crippen LogP contribution in [0.3, 0.4) is 0 Å². The Hall–Kier alpha value is -1.88.